The largest absolute Gasteiger partial charge is 0.464 e. The third-order valence-corrected chi connectivity index (χ3v) is 5.23. The molecule has 0 bridgehead atoms. The van der Waals surface area contributed by atoms with Crippen molar-refractivity contribution in [3.8, 4) is 0 Å². The maximum atomic E-state index is 13.8. The molecule has 2 aromatic rings. The molecule has 0 saturated carbocycles. The van der Waals surface area contributed by atoms with Crippen LogP contribution in [-0.4, -0.2) is 12.9 Å². The molecule has 2 nitrogen and oxygen atoms in total. The van der Waals surface area contributed by atoms with Crippen molar-refractivity contribution in [1.29, 1.82) is 0 Å². The van der Waals surface area contributed by atoms with E-state index in [9.17, 15) is 8.78 Å². The lowest BCUT2D eigenvalue weighted by molar-refractivity contribution is -0.151. The number of benzene rings is 2. The van der Waals surface area contributed by atoms with Gasteiger partial charge in [-0.2, -0.15) is 0 Å². The number of hydrogen-bond donors (Lipinski definition) is 0. The minimum atomic E-state index is -0.847. The zero-order chi connectivity index (χ0) is 19.6. The van der Waals surface area contributed by atoms with Crippen LogP contribution < -0.4 is 0 Å². The lowest BCUT2D eigenvalue weighted by atomic mass is 9.80. The standard InChI is InChI=1S/C23H26F2O2/c1-5-17-8-9-26-23(22(17)18-6-7-20(24)21(25)13-18)27-16(4)19-11-14(2)10-15(3)12-19/h6-7,10-13,17,22-23H,4-5,8-9H2,1-3H3. The van der Waals surface area contributed by atoms with Gasteiger partial charge in [0.25, 0.3) is 0 Å². The summed E-state index contributed by atoms with van der Waals surface area (Å²) < 4.78 is 39.3. The van der Waals surface area contributed by atoms with Crippen molar-refractivity contribution >= 4 is 5.76 Å². The fourth-order valence-corrected chi connectivity index (χ4v) is 3.90. The number of rotatable bonds is 5. The van der Waals surface area contributed by atoms with E-state index in [-0.39, 0.29) is 11.8 Å². The number of aryl methyl sites for hydroxylation is 2. The van der Waals surface area contributed by atoms with Crippen LogP contribution in [0.3, 0.4) is 0 Å². The maximum absolute atomic E-state index is 13.8. The molecule has 0 radical (unpaired) electrons. The molecule has 1 fully saturated rings. The fraction of sp³-hybridized carbons (Fsp3) is 0.391. The fourth-order valence-electron chi connectivity index (χ4n) is 3.90. The molecule has 0 N–H and O–H groups in total. The highest BCUT2D eigenvalue weighted by Crippen LogP contribution is 2.40. The van der Waals surface area contributed by atoms with E-state index in [1.165, 1.54) is 12.1 Å². The molecule has 0 aliphatic carbocycles. The molecular formula is C23H26F2O2. The second-order valence-corrected chi connectivity index (χ2v) is 7.31. The Morgan fingerprint density at radius 1 is 1.11 bits per heavy atom. The van der Waals surface area contributed by atoms with Crippen molar-refractivity contribution in [3.05, 3.63) is 76.9 Å². The number of halogens is 2. The molecule has 1 saturated heterocycles. The van der Waals surface area contributed by atoms with Gasteiger partial charge in [-0.25, -0.2) is 8.78 Å². The molecule has 0 aromatic heterocycles. The average Bonchev–Trinajstić information content (AvgIpc) is 2.63. The molecule has 27 heavy (non-hydrogen) atoms. The Kier molecular flexibility index (Phi) is 5.95. The van der Waals surface area contributed by atoms with Gasteiger partial charge in [-0.3, -0.25) is 0 Å². The van der Waals surface area contributed by atoms with Gasteiger partial charge in [-0.15, -0.1) is 0 Å². The first-order valence-electron chi connectivity index (χ1n) is 9.39. The Morgan fingerprint density at radius 2 is 1.81 bits per heavy atom. The summed E-state index contributed by atoms with van der Waals surface area (Å²) in [6.45, 7) is 10.8. The second kappa shape index (κ2) is 8.22. The van der Waals surface area contributed by atoms with Gasteiger partial charge in [-0.1, -0.05) is 43.2 Å². The monoisotopic (exact) mass is 372 g/mol. The SMILES string of the molecule is C=C(OC1OCCC(CC)C1c1ccc(F)c(F)c1)c1cc(C)cc(C)c1. The van der Waals surface area contributed by atoms with E-state index < -0.39 is 17.9 Å². The Bertz CT molecular complexity index is 811. The van der Waals surface area contributed by atoms with E-state index in [2.05, 4.69) is 19.6 Å². The Morgan fingerprint density at radius 3 is 2.44 bits per heavy atom. The zero-order valence-electron chi connectivity index (χ0n) is 16.1. The topological polar surface area (TPSA) is 18.5 Å². The van der Waals surface area contributed by atoms with Crippen molar-refractivity contribution in [2.75, 3.05) is 6.61 Å². The first-order valence-corrected chi connectivity index (χ1v) is 9.39. The van der Waals surface area contributed by atoms with Crippen molar-refractivity contribution in [2.45, 2.75) is 45.8 Å². The Hall–Kier alpha value is -2.20. The normalized spacial score (nSPS) is 22.5. The van der Waals surface area contributed by atoms with Crippen molar-refractivity contribution in [3.63, 3.8) is 0 Å². The summed E-state index contributed by atoms with van der Waals surface area (Å²) in [4.78, 5) is 0. The van der Waals surface area contributed by atoms with Crippen LogP contribution in [0.5, 0.6) is 0 Å². The predicted molar refractivity (Wildman–Crippen MR) is 103 cm³/mol. The van der Waals surface area contributed by atoms with Gasteiger partial charge in [0.15, 0.2) is 11.6 Å². The highest BCUT2D eigenvalue weighted by molar-refractivity contribution is 5.59. The summed E-state index contributed by atoms with van der Waals surface area (Å²) in [6, 6.07) is 10.2. The molecule has 4 heteroatoms. The summed E-state index contributed by atoms with van der Waals surface area (Å²) in [5.41, 5.74) is 3.85. The Labute approximate surface area is 159 Å². The van der Waals surface area contributed by atoms with Gasteiger partial charge in [0.05, 0.1) is 6.61 Å². The minimum Gasteiger partial charge on any atom is -0.464 e. The van der Waals surface area contributed by atoms with Gasteiger partial charge < -0.3 is 9.47 Å². The molecule has 0 amide bonds. The number of hydrogen-bond acceptors (Lipinski definition) is 2. The molecule has 3 rings (SSSR count). The summed E-state index contributed by atoms with van der Waals surface area (Å²) in [5, 5.41) is 0. The molecule has 3 unspecified atom stereocenters. The van der Waals surface area contributed by atoms with Crippen LogP contribution >= 0.6 is 0 Å². The molecule has 2 aromatic carbocycles. The molecule has 1 aliphatic rings. The molecule has 1 heterocycles. The quantitative estimate of drug-likeness (QED) is 0.588. The minimum absolute atomic E-state index is 0.179. The third kappa shape index (κ3) is 4.38. The lowest BCUT2D eigenvalue weighted by Gasteiger charge is -2.38. The number of ether oxygens (including phenoxy) is 2. The van der Waals surface area contributed by atoms with Gasteiger partial charge in [-0.05, 0) is 56.0 Å². The summed E-state index contributed by atoms with van der Waals surface area (Å²) in [6.07, 6.45) is 1.18. The van der Waals surface area contributed by atoms with Gasteiger partial charge >= 0.3 is 0 Å². The van der Waals surface area contributed by atoms with E-state index in [1.807, 2.05) is 26.0 Å². The molecule has 0 spiro atoms. The summed E-state index contributed by atoms with van der Waals surface area (Å²) in [5.74, 6) is -1.08. The first-order chi connectivity index (χ1) is 12.9. The summed E-state index contributed by atoms with van der Waals surface area (Å²) in [7, 11) is 0. The van der Waals surface area contributed by atoms with Crippen LogP contribution in [0.2, 0.25) is 0 Å². The van der Waals surface area contributed by atoms with Gasteiger partial charge in [0.1, 0.15) is 5.76 Å². The van der Waals surface area contributed by atoms with Crippen LogP contribution in [0.15, 0.2) is 43.0 Å². The Balaban J connectivity index is 1.88. The zero-order valence-corrected chi connectivity index (χ0v) is 16.1. The van der Waals surface area contributed by atoms with Crippen LogP contribution in [0.1, 0.15) is 47.9 Å². The van der Waals surface area contributed by atoms with Crippen molar-refractivity contribution in [2.24, 2.45) is 5.92 Å². The van der Waals surface area contributed by atoms with E-state index in [0.717, 1.165) is 29.5 Å². The van der Waals surface area contributed by atoms with E-state index >= 15 is 0 Å². The van der Waals surface area contributed by atoms with Crippen LogP contribution in [0.25, 0.3) is 5.76 Å². The molecule has 1 aliphatic heterocycles. The third-order valence-electron chi connectivity index (χ3n) is 5.23. The van der Waals surface area contributed by atoms with E-state index in [4.69, 9.17) is 9.47 Å². The van der Waals surface area contributed by atoms with Crippen LogP contribution in [-0.2, 0) is 9.47 Å². The first kappa shape index (κ1) is 19.6. The van der Waals surface area contributed by atoms with E-state index in [0.29, 0.717) is 17.9 Å². The lowest BCUT2D eigenvalue weighted by Crippen LogP contribution is -2.36. The highest BCUT2D eigenvalue weighted by atomic mass is 19.2. The smallest absolute Gasteiger partial charge is 0.207 e. The molecule has 3 atom stereocenters. The van der Waals surface area contributed by atoms with Crippen LogP contribution in [0, 0.1) is 31.4 Å². The highest BCUT2D eigenvalue weighted by Gasteiger charge is 2.36. The average molecular weight is 372 g/mol. The van der Waals surface area contributed by atoms with Crippen molar-refractivity contribution < 1.29 is 18.3 Å². The van der Waals surface area contributed by atoms with Crippen molar-refractivity contribution in [1.82, 2.24) is 0 Å². The molecule has 144 valence electrons. The predicted octanol–water partition coefficient (Wildman–Crippen LogP) is 6.13. The van der Waals surface area contributed by atoms with Gasteiger partial charge in [0.2, 0.25) is 6.29 Å². The summed E-state index contributed by atoms with van der Waals surface area (Å²) >= 11 is 0. The van der Waals surface area contributed by atoms with E-state index in [1.54, 1.807) is 6.07 Å². The molecular weight excluding hydrogens is 346 g/mol. The second-order valence-electron chi connectivity index (χ2n) is 7.31. The maximum Gasteiger partial charge on any atom is 0.207 e. The van der Waals surface area contributed by atoms with Crippen LogP contribution in [0.4, 0.5) is 8.78 Å². The van der Waals surface area contributed by atoms with Gasteiger partial charge in [0, 0.05) is 11.5 Å².